The van der Waals surface area contributed by atoms with Crippen LogP contribution in [0.1, 0.15) is 12.8 Å². The maximum atomic E-state index is 11.2. The van der Waals surface area contributed by atoms with E-state index in [0.29, 0.717) is 6.42 Å². The maximum Gasteiger partial charge on any atom is 0.263 e. The van der Waals surface area contributed by atoms with Gasteiger partial charge in [0.2, 0.25) is 0 Å². The van der Waals surface area contributed by atoms with Gasteiger partial charge in [-0.3, -0.25) is 10.2 Å². The lowest BCUT2D eigenvalue weighted by atomic mass is 10.2. The smallest absolute Gasteiger partial charge is 0.263 e. The second-order valence-electron chi connectivity index (χ2n) is 3.68. The molecule has 2 rings (SSSR count). The summed E-state index contributed by atoms with van der Waals surface area (Å²) in [6.07, 6.45) is 4.63. The number of nitrogens with two attached hydrogens (primary N) is 1. The van der Waals surface area contributed by atoms with Crippen LogP contribution in [0.5, 0.6) is 0 Å². The Morgan fingerprint density at radius 3 is 3.00 bits per heavy atom. The topological polar surface area (TPSA) is 90.1 Å². The summed E-state index contributed by atoms with van der Waals surface area (Å²) in [5, 5.41) is 0.725. The molecule has 0 radical (unpaired) electrons. The molecule has 1 amide bonds. The molecular formula is C10H14N4O2S. The number of carbonyl (C=O) groups excluding carboxylic acids is 1. The summed E-state index contributed by atoms with van der Waals surface area (Å²) < 4.78 is 5.57. The first-order chi connectivity index (χ1) is 8.29. The summed E-state index contributed by atoms with van der Waals surface area (Å²) in [4.78, 5) is 19.5. The monoisotopic (exact) mass is 254 g/mol. The van der Waals surface area contributed by atoms with Crippen LogP contribution in [0.2, 0.25) is 0 Å². The normalized spacial score (nSPS) is 23.6. The fourth-order valence-electron chi connectivity index (χ4n) is 1.64. The summed E-state index contributed by atoms with van der Waals surface area (Å²) >= 11 is 1.53. The molecule has 92 valence electrons. The molecule has 1 fully saturated rings. The van der Waals surface area contributed by atoms with E-state index in [-0.39, 0.29) is 12.0 Å². The molecule has 2 atom stereocenters. The molecule has 1 aromatic rings. The zero-order chi connectivity index (χ0) is 12.1. The molecule has 1 saturated heterocycles. The van der Waals surface area contributed by atoms with Gasteiger partial charge in [0.25, 0.3) is 5.91 Å². The van der Waals surface area contributed by atoms with Crippen molar-refractivity contribution in [1.29, 1.82) is 0 Å². The second-order valence-corrected chi connectivity index (χ2v) is 4.66. The number of nitrogens with zero attached hydrogens (tertiary/aromatic N) is 2. The van der Waals surface area contributed by atoms with E-state index in [1.807, 2.05) is 0 Å². The number of hydrogen-bond acceptors (Lipinski definition) is 6. The minimum Gasteiger partial charge on any atom is -0.364 e. The molecule has 0 bridgehead atoms. The quantitative estimate of drug-likeness (QED) is 0.260. The van der Waals surface area contributed by atoms with Crippen molar-refractivity contribution in [3.05, 3.63) is 18.5 Å². The van der Waals surface area contributed by atoms with E-state index in [2.05, 4.69) is 15.4 Å². The van der Waals surface area contributed by atoms with Gasteiger partial charge < -0.3 is 4.74 Å². The van der Waals surface area contributed by atoms with Gasteiger partial charge in [0, 0.05) is 18.1 Å². The Balaban J connectivity index is 1.77. The first kappa shape index (κ1) is 12.3. The third kappa shape index (κ3) is 3.39. The Hall–Kier alpha value is -1.18. The molecule has 0 aromatic carbocycles. The van der Waals surface area contributed by atoms with Crippen LogP contribution in [0.4, 0.5) is 0 Å². The lowest BCUT2D eigenvalue weighted by molar-refractivity contribution is -0.131. The van der Waals surface area contributed by atoms with E-state index < -0.39 is 6.10 Å². The average Bonchev–Trinajstić information content (AvgIpc) is 2.85. The summed E-state index contributed by atoms with van der Waals surface area (Å²) in [5.74, 6) is 5.55. The fourth-order valence-corrected chi connectivity index (χ4v) is 2.49. The molecule has 0 spiro atoms. The number of thioether (sulfide) groups is 1. The molecular weight excluding hydrogens is 240 g/mol. The number of hydrogen-bond donors (Lipinski definition) is 2. The lowest BCUT2D eigenvalue weighted by Crippen LogP contribution is -2.39. The predicted octanol–water partition coefficient (Wildman–Crippen LogP) is 0.106. The minimum atomic E-state index is -0.415. The van der Waals surface area contributed by atoms with Crippen LogP contribution >= 0.6 is 11.8 Å². The number of amides is 1. The van der Waals surface area contributed by atoms with Gasteiger partial charge in [-0.25, -0.2) is 15.8 Å². The van der Waals surface area contributed by atoms with Crippen LogP contribution in [-0.4, -0.2) is 33.8 Å². The molecule has 6 nitrogen and oxygen atoms in total. The number of hydrazine groups is 1. The van der Waals surface area contributed by atoms with Crippen molar-refractivity contribution in [3.63, 3.8) is 0 Å². The molecule has 1 aliphatic heterocycles. The van der Waals surface area contributed by atoms with Crippen LogP contribution < -0.4 is 11.3 Å². The molecule has 2 unspecified atom stereocenters. The fraction of sp³-hybridized carbons (Fsp3) is 0.500. The molecule has 7 heteroatoms. The van der Waals surface area contributed by atoms with Crippen molar-refractivity contribution in [2.75, 3.05) is 5.75 Å². The van der Waals surface area contributed by atoms with Gasteiger partial charge in [-0.05, 0) is 18.9 Å². The summed E-state index contributed by atoms with van der Waals surface area (Å²) in [6.45, 7) is 0. The Bertz CT molecular complexity index is 376. The molecule has 0 saturated carbocycles. The highest BCUT2D eigenvalue weighted by Gasteiger charge is 2.30. The van der Waals surface area contributed by atoms with Crippen molar-refractivity contribution < 1.29 is 9.53 Å². The van der Waals surface area contributed by atoms with Gasteiger partial charge in [-0.1, -0.05) is 11.8 Å². The highest BCUT2D eigenvalue weighted by Crippen LogP contribution is 2.24. The van der Waals surface area contributed by atoms with E-state index in [9.17, 15) is 4.79 Å². The number of aromatic nitrogens is 2. The third-order valence-corrected chi connectivity index (χ3v) is 3.49. The average molecular weight is 254 g/mol. The first-order valence-electron chi connectivity index (χ1n) is 5.35. The van der Waals surface area contributed by atoms with Gasteiger partial charge >= 0.3 is 0 Å². The summed E-state index contributed by atoms with van der Waals surface area (Å²) in [7, 11) is 0. The number of rotatable bonds is 4. The Labute approximate surface area is 103 Å². The summed E-state index contributed by atoms with van der Waals surface area (Å²) in [6, 6.07) is 1.78. The van der Waals surface area contributed by atoms with Crippen LogP contribution in [0.25, 0.3) is 0 Å². The van der Waals surface area contributed by atoms with Gasteiger partial charge in [0.05, 0.1) is 6.10 Å². The maximum absolute atomic E-state index is 11.2. The van der Waals surface area contributed by atoms with E-state index in [4.69, 9.17) is 10.6 Å². The van der Waals surface area contributed by atoms with Gasteiger partial charge in [0.1, 0.15) is 6.10 Å². The lowest BCUT2D eigenvalue weighted by Gasteiger charge is -2.11. The molecule has 1 aromatic heterocycles. The van der Waals surface area contributed by atoms with Crippen LogP contribution in [0, 0.1) is 0 Å². The van der Waals surface area contributed by atoms with E-state index in [1.54, 1.807) is 18.5 Å². The van der Waals surface area contributed by atoms with Gasteiger partial charge in [-0.2, -0.15) is 0 Å². The van der Waals surface area contributed by atoms with Crippen molar-refractivity contribution in [2.45, 2.75) is 30.2 Å². The van der Waals surface area contributed by atoms with Crippen molar-refractivity contribution >= 4 is 17.7 Å². The highest BCUT2D eigenvalue weighted by atomic mass is 32.2. The van der Waals surface area contributed by atoms with Crippen molar-refractivity contribution in [1.82, 2.24) is 15.4 Å². The Morgan fingerprint density at radius 1 is 1.53 bits per heavy atom. The van der Waals surface area contributed by atoms with Gasteiger partial charge in [0.15, 0.2) is 5.16 Å². The minimum absolute atomic E-state index is 0.0612. The zero-order valence-corrected chi connectivity index (χ0v) is 10.0. The van der Waals surface area contributed by atoms with Crippen LogP contribution in [0.15, 0.2) is 23.6 Å². The van der Waals surface area contributed by atoms with Gasteiger partial charge in [-0.15, -0.1) is 0 Å². The SMILES string of the molecule is NNC(=O)C1CCC(CSc2ncccn2)O1. The second kappa shape index (κ2) is 5.95. The molecule has 1 aliphatic rings. The highest BCUT2D eigenvalue weighted by molar-refractivity contribution is 7.99. The van der Waals surface area contributed by atoms with E-state index in [1.165, 1.54) is 11.8 Å². The van der Waals surface area contributed by atoms with Crippen molar-refractivity contribution in [3.8, 4) is 0 Å². The van der Waals surface area contributed by atoms with Crippen LogP contribution in [0.3, 0.4) is 0 Å². The number of carbonyl (C=O) groups is 1. The Morgan fingerprint density at radius 2 is 2.29 bits per heavy atom. The van der Waals surface area contributed by atoms with Crippen LogP contribution in [-0.2, 0) is 9.53 Å². The number of nitrogens with one attached hydrogen (secondary N) is 1. The number of ether oxygens (including phenoxy) is 1. The largest absolute Gasteiger partial charge is 0.364 e. The predicted molar refractivity (Wildman–Crippen MR) is 63.0 cm³/mol. The molecule has 17 heavy (non-hydrogen) atoms. The standard InChI is InChI=1S/C10H14N4O2S/c11-14-9(15)8-3-2-7(16-8)6-17-10-12-4-1-5-13-10/h1,4-5,7-8H,2-3,6,11H2,(H,14,15). The van der Waals surface area contributed by atoms with E-state index in [0.717, 1.165) is 17.3 Å². The molecule has 0 aliphatic carbocycles. The summed E-state index contributed by atoms with van der Waals surface area (Å²) in [5.41, 5.74) is 2.11. The Kier molecular flexibility index (Phi) is 4.29. The van der Waals surface area contributed by atoms with E-state index >= 15 is 0 Å². The third-order valence-electron chi connectivity index (χ3n) is 2.48. The first-order valence-corrected chi connectivity index (χ1v) is 6.34. The zero-order valence-electron chi connectivity index (χ0n) is 9.20. The molecule has 3 N–H and O–H groups in total. The molecule has 2 heterocycles. The van der Waals surface area contributed by atoms with Crippen molar-refractivity contribution in [2.24, 2.45) is 5.84 Å².